The Bertz CT molecular complexity index is 1670. The van der Waals surface area contributed by atoms with Gasteiger partial charge in [-0.2, -0.15) is 5.26 Å². The Morgan fingerprint density at radius 1 is 1.13 bits per heavy atom. The highest BCUT2D eigenvalue weighted by atomic mass is 16.1. The van der Waals surface area contributed by atoms with E-state index in [0.717, 1.165) is 0 Å². The normalized spacial score (nSPS) is 11.9. The van der Waals surface area contributed by atoms with Crippen LogP contribution in [-0.4, -0.2) is 19.4 Å². The Morgan fingerprint density at radius 3 is 2.77 bits per heavy atom. The van der Waals surface area contributed by atoms with Crippen molar-refractivity contribution in [1.29, 1.82) is 5.26 Å². The molecule has 0 saturated carbocycles. The van der Waals surface area contributed by atoms with Crippen LogP contribution in [0.1, 0.15) is 11.1 Å². The molecule has 0 fully saturated rings. The van der Waals surface area contributed by atoms with Gasteiger partial charge in [0.1, 0.15) is 6.07 Å². The lowest BCUT2D eigenvalue weighted by molar-refractivity contribution is 1.06. The number of anilines is 1. The molecule has 0 aliphatic heterocycles. The lowest BCUT2D eigenvalue weighted by Gasteiger charge is -2.07. The maximum absolute atomic E-state index is 13.2. The summed E-state index contributed by atoms with van der Waals surface area (Å²) in [5.41, 5.74) is 9.94. The molecule has 2 aromatic carbocycles. The van der Waals surface area contributed by atoms with Gasteiger partial charge in [0.15, 0.2) is 5.65 Å². The molecule has 146 valence electrons. The van der Waals surface area contributed by atoms with E-state index in [1.54, 1.807) is 31.2 Å². The minimum atomic E-state index is -0.279. The molecule has 4 N–H and O–H groups in total. The summed E-state index contributed by atoms with van der Waals surface area (Å²) < 4.78 is 1.46. The van der Waals surface area contributed by atoms with Crippen molar-refractivity contribution in [3.63, 3.8) is 0 Å². The van der Waals surface area contributed by atoms with E-state index in [9.17, 15) is 14.9 Å². The summed E-state index contributed by atoms with van der Waals surface area (Å²) in [7, 11) is 0. The Labute approximate surface area is 168 Å². The van der Waals surface area contributed by atoms with Gasteiger partial charge in [-0.3, -0.25) is 9.20 Å². The molecule has 0 atom stereocenters. The van der Waals surface area contributed by atoms with Crippen LogP contribution in [0.25, 0.3) is 33.9 Å². The third kappa shape index (κ3) is 2.59. The van der Waals surface area contributed by atoms with Crippen LogP contribution in [0, 0.1) is 18.3 Å². The predicted octanol–water partition coefficient (Wildman–Crippen LogP) is 1.27. The first-order valence-electron chi connectivity index (χ1n) is 9.14. The number of hydrazine groups is 1. The van der Waals surface area contributed by atoms with E-state index in [4.69, 9.17) is 0 Å². The van der Waals surface area contributed by atoms with Crippen molar-refractivity contribution < 1.29 is 0 Å². The van der Waals surface area contributed by atoms with Gasteiger partial charge in [0, 0.05) is 6.20 Å². The number of imidazole rings is 2. The van der Waals surface area contributed by atoms with Gasteiger partial charge < -0.3 is 20.8 Å². The van der Waals surface area contributed by atoms with Crippen LogP contribution in [0.5, 0.6) is 0 Å². The topological polar surface area (TPSA) is 131 Å². The maximum atomic E-state index is 13.2. The minimum absolute atomic E-state index is 0.269. The Balaban J connectivity index is 1.61. The Kier molecular flexibility index (Phi) is 3.79. The number of hydrogen-bond donors (Lipinski definition) is 4. The zero-order valence-electron chi connectivity index (χ0n) is 15.8. The molecule has 3 aromatic heterocycles. The number of aromatic nitrogens is 4. The molecule has 5 aromatic rings. The van der Waals surface area contributed by atoms with Gasteiger partial charge in [-0.05, 0) is 42.8 Å². The van der Waals surface area contributed by atoms with E-state index in [0.29, 0.717) is 49.7 Å². The van der Waals surface area contributed by atoms with Gasteiger partial charge in [0.05, 0.1) is 38.5 Å². The van der Waals surface area contributed by atoms with Gasteiger partial charge in [-0.15, -0.1) is 0 Å². The summed E-state index contributed by atoms with van der Waals surface area (Å²) in [5, 5.41) is 10.0. The lowest BCUT2D eigenvalue weighted by atomic mass is 10.1. The van der Waals surface area contributed by atoms with Crippen molar-refractivity contribution in [3.8, 4) is 6.07 Å². The third-order valence-electron chi connectivity index (χ3n) is 5.06. The Hall–Kier alpha value is -4.58. The summed E-state index contributed by atoms with van der Waals surface area (Å²) in [6.07, 6.45) is 1.52. The summed E-state index contributed by atoms with van der Waals surface area (Å²) in [4.78, 5) is 34.4. The fraction of sp³-hybridized carbons (Fsp3) is 0.0476. The number of nitrogens with one attached hydrogen (secondary N) is 4. The van der Waals surface area contributed by atoms with Crippen molar-refractivity contribution in [2.45, 2.75) is 6.92 Å². The number of aromatic amines is 2. The van der Waals surface area contributed by atoms with E-state index in [1.807, 2.05) is 18.2 Å². The van der Waals surface area contributed by atoms with Crippen LogP contribution in [0.15, 0.2) is 52.1 Å². The third-order valence-corrected chi connectivity index (χ3v) is 5.06. The number of fused-ring (bicyclic) bond motifs is 4. The average molecular weight is 397 g/mol. The average Bonchev–Trinajstić information content (AvgIpc) is 3.30. The Morgan fingerprint density at radius 2 is 1.93 bits per heavy atom. The molecule has 9 heteroatoms. The van der Waals surface area contributed by atoms with Crippen LogP contribution < -0.4 is 27.3 Å². The lowest BCUT2D eigenvalue weighted by Crippen LogP contribution is -2.36. The largest absolute Gasteiger partial charge is 0.323 e. The number of pyridine rings is 1. The molecular formula is C21H15N7O2. The molecule has 3 heterocycles. The van der Waals surface area contributed by atoms with Crippen LogP contribution >= 0.6 is 0 Å². The van der Waals surface area contributed by atoms with E-state index in [1.165, 1.54) is 10.6 Å². The second-order valence-electron chi connectivity index (χ2n) is 6.84. The molecule has 0 spiro atoms. The SMILES string of the molecule is Cc1c(C#N)c2nc3ccccc3n2c(=O)/c1=C\NNc1ccc2[nH]c(=O)[nH]c2c1. The van der Waals surface area contributed by atoms with Gasteiger partial charge in [0.2, 0.25) is 0 Å². The number of nitriles is 1. The molecule has 0 radical (unpaired) electrons. The predicted molar refractivity (Wildman–Crippen MR) is 114 cm³/mol. The smallest absolute Gasteiger partial charge is 0.307 e. The van der Waals surface area contributed by atoms with Crippen molar-refractivity contribution in [1.82, 2.24) is 24.8 Å². The number of benzene rings is 2. The van der Waals surface area contributed by atoms with Gasteiger partial charge in [-0.1, -0.05) is 12.1 Å². The van der Waals surface area contributed by atoms with E-state index in [2.05, 4.69) is 31.9 Å². The van der Waals surface area contributed by atoms with Gasteiger partial charge >= 0.3 is 5.69 Å². The zero-order chi connectivity index (χ0) is 20.8. The number of para-hydroxylation sites is 2. The van der Waals surface area contributed by atoms with E-state index >= 15 is 0 Å². The molecule has 9 nitrogen and oxygen atoms in total. The van der Waals surface area contributed by atoms with Crippen LogP contribution in [-0.2, 0) is 0 Å². The van der Waals surface area contributed by atoms with E-state index in [-0.39, 0.29) is 11.2 Å². The quantitative estimate of drug-likeness (QED) is 0.339. The molecular weight excluding hydrogens is 382 g/mol. The van der Waals surface area contributed by atoms with Gasteiger partial charge in [-0.25, -0.2) is 9.78 Å². The van der Waals surface area contributed by atoms with Crippen molar-refractivity contribution in [3.05, 3.63) is 79.6 Å². The first-order chi connectivity index (χ1) is 14.6. The number of rotatable bonds is 3. The minimum Gasteiger partial charge on any atom is -0.307 e. The molecule has 30 heavy (non-hydrogen) atoms. The van der Waals surface area contributed by atoms with Crippen LogP contribution in [0.3, 0.4) is 0 Å². The highest BCUT2D eigenvalue weighted by molar-refractivity contribution is 5.82. The number of H-pyrrole nitrogens is 2. The highest BCUT2D eigenvalue weighted by Gasteiger charge is 2.15. The summed E-state index contributed by atoms with van der Waals surface area (Å²) >= 11 is 0. The van der Waals surface area contributed by atoms with Crippen LogP contribution in [0.4, 0.5) is 5.69 Å². The second kappa shape index (κ2) is 6.49. The molecule has 0 unspecified atom stereocenters. The van der Waals surface area contributed by atoms with Gasteiger partial charge in [0.25, 0.3) is 5.56 Å². The fourth-order valence-electron chi connectivity index (χ4n) is 3.59. The molecule has 0 amide bonds. The van der Waals surface area contributed by atoms with E-state index < -0.39 is 0 Å². The number of nitrogens with zero attached hydrogens (tertiary/aromatic N) is 3. The standard InChI is InChI=1S/C21H15N7O2/c1-11-13(9-22)19-24-16-4-2-3-5-18(16)28(19)20(29)14(11)10-23-27-12-6-7-15-17(8-12)26-21(30)25-15/h2-8,10,23,27H,1H3,(H2,25,26,30)/b14-10-. The van der Waals surface area contributed by atoms with Crippen molar-refractivity contribution >= 4 is 39.6 Å². The van der Waals surface area contributed by atoms with Crippen LogP contribution in [0.2, 0.25) is 0 Å². The second-order valence-corrected chi connectivity index (χ2v) is 6.84. The maximum Gasteiger partial charge on any atom is 0.323 e. The molecule has 0 saturated heterocycles. The van der Waals surface area contributed by atoms with Crippen molar-refractivity contribution in [2.24, 2.45) is 0 Å². The summed E-state index contributed by atoms with van der Waals surface area (Å²) in [6, 6.07) is 14.7. The molecule has 0 bridgehead atoms. The summed E-state index contributed by atoms with van der Waals surface area (Å²) in [6.45, 7) is 1.73. The first-order valence-corrected chi connectivity index (χ1v) is 9.14. The molecule has 0 aliphatic rings. The first kappa shape index (κ1) is 17.5. The monoisotopic (exact) mass is 397 g/mol. The highest BCUT2D eigenvalue weighted by Crippen LogP contribution is 2.17. The molecule has 5 rings (SSSR count). The summed E-state index contributed by atoms with van der Waals surface area (Å²) in [5.74, 6) is 0. The fourth-order valence-corrected chi connectivity index (χ4v) is 3.59. The molecule has 0 aliphatic carbocycles. The zero-order valence-corrected chi connectivity index (χ0v) is 15.8. The number of hydrogen-bond acceptors (Lipinski definition) is 6. The van der Waals surface area contributed by atoms with Crippen molar-refractivity contribution in [2.75, 3.05) is 5.43 Å².